The molecule has 1 aromatic carbocycles. The first-order valence-corrected chi connectivity index (χ1v) is 11.2. The Morgan fingerprint density at radius 2 is 1.85 bits per heavy atom. The monoisotopic (exact) mass is 462 g/mol. The maximum Gasteiger partial charge on any atom is 0.421 e. The van der Waals surface area contributed by atoms with Gasteiger partial charge in [0.15, 0.2) is 0 Å². The molecule has 4 rings (SSSR count). The molecule has 2 N–H and O–H groups in total. The lowest BCUT2D eigenvalue weighted by molar-refractivity contribution is -0.137. The normalized spacial score (nSPS) is 18.9. The number of benzene rings is 1. The minimum atomic E-state index is -4.61. The zero-order valence-electron chi connectivity index (χ0n) is 18.8. The van der Waals surface area contributed by atoms with Crippen molar-refractivity contribution in [3.05, 3.63) is 42.1 Å². The first-order chi connectivity index (χ1) is 15.6. The molecule has 0 atom stereocenters. The van der Waals surface area contributed by atoms with Crippen LogP contribution < -0.4 is 15.5 Å². The van der Waals surface area contributed by atoms with Crippen LogP contribution in [0.15, 0.2) is 36.5 Å². The van der Waals surface area contributed by atoms with Crippen LogP contribution in [0.2, 0.25) is 0 Å². The van der Waals surface area contributed by atoms with Crippen molar-refractivity contribution in [2.75, 3.05) is 30.4 Å². The van der Waals surface area contributed by atoms with Gasteiger partial charge in [-0.2, -0.15) is 18.2 Å². The summed E-state index contributed by atoms with van der Waals surface area (Å²) in [6, 6.07) is 8.19. The Balaban J connectivity index is 1.68. The number of carbonyl (C=O) groups is 1. The molecule has 7 nitrogen and oxygen atoms in total. The van der Waals surface area contributed by atoms with Crippen molar-refractivity contribution >= 4 is 23.5 Å². The van der Waals surface area contributed by atoms with E-state index < -0.39 is 23.3 Å². The minimum absolute atomic E-state index is 0.0639. The van der Waals surface area contributed by atoms with Crippen LogP contribution in [0.1, 0.15) is 44.6 Å². The summed E-state index contributed by atoms with van der Waals surface area (Å²) in [5.41, 5.74) is -0.898. The van der Waals surface area contributed by atoms with Crippen molar-refractivity contribution in [1.29, 1.82) is 0 Å². The van der Waals surface area contributed by atoms with Gasteiger partial charge in [-0.25, -0.2) is 14.7 Å². The van der Waals surface area contributed by atoms with Gasteiger partial charge in [0.1, 0.15) is 11.4 Å². The summed E-state index contributed by atoms with van der Waals surface area (Å²) >= 11 is 0. The maximum absolute atomic E-state index is 13.6. The van der Waals surface area contributed by atoms with Crippen molar-refractivity contribution < 1.29 is 18.0 Å². The molecular weight excluding hydrogens is 433 g/mol. The third kappa shape index (κ3) is 5.38. The standard InChI is InChI=1S/C23H29F3N6O/c1-22(11-13-31(2)14-12-22)30-21(33)32(17-9-4-3-5-10-17)20-27-15-18(23(24,25)26)19(29-20)28-16-7-6-8-16/h3-5,9-10,15-16H,6-8,11-14H2,1-2H3,(H,30,33)(H,27,28,29). The molecule has 2 aliphatic rings. The maximum atomic E-state index is 13.6. The number of alkyl halides is 3. The summed E-state index contributed by atoms with van der Waals surface area (Å²) in [4.78, 5) is 25.1. The highest BCUT2D eigenvalue weighted by atomic mass is 19.4. The molecular formula is C23H29F3N6O. The van der Waals surface area contributed by atoms with E-state index in [-0.39, 0.29) is 17.8 Å². The number of nitrogens with one attached hydrogen (secondary N) is 2. The van der Waals surface area contributed by atoms with Gasteiger partial charge in [0.25, 0.3) is 0 Å². The first-order valence-electron chi connectivity index (χ1n) is 11.2. The molecule has 2 heterocycles. The van der Waals surface area contributed by atoms with E-state index in [1.165, 1.54) is 4.90 Å². The second-order valence-electron chi connectivity index (χ2n) is 9.17. The average molecular weight is 463 g/mol. The second kappa shape index (κ2) is 9.17. The van der Waals surface area contributed by atoms with Crippen molar-refractivity contribution in [2.45, 2.75) is 56.8 Å². The molecule has 10 heteroatoms. The summed E-state index contributed by atoms with van der Waals surface area (Å²) in [6.45, 7) is 3.67. The summed E-state index contributed by atoms with van der Waals surface area (Å²) in [6.07, 6.45) is 0.207. The fourth-order valence-corrected chi connectivity index (χ4v) is 4.00. The number of urea groups is 1. The minimum Gasteiger partial charge on any atom is -0.367 e. The number of rotatable bonds is 5. The van der Waals surface area contributed by atoms with E-state index in [9.17, 15) is 18.0 Å². The Morgan fingerprint density at radius 3 is 2.42 bits per heavy atom. The average Bonchev–Trinajstić information content (AvgIpc) is 2.73. The van der Waals surface area contributed by atoms with E-state index in [2.05, 4.69) is 25.5 Å². The van der Waals surface area contributed by atoms with Crippen molar-refractivity contribution in [1.82, 2.24) is 20.2 Å². The number of amides is 2. The van der Waals surface area contributed by atoms with Gasteiger partial charge in [0.05, 0.1) is 5.69 Å². The number of nitrogens with zero attached hydrogens (tertiary/aromatic N) is 4. The molecule has 1 saturated carbocycles. The van der Waals surface area contributed by atoms with E-state index in [4.69, 9.17) is 0 Å². The molecule has 0 unspecified atom stereocenters. The zero-order valence-corrected chi connectivity index (χ0v) is 18.8. The van der Waals surface area contributed by atoms with Gasteiger partial charge >= 0.3 is 12.2 Å². The van der Waals surface area contributed by atoms with Gasteiger partial charge in [0, 0.05) is 30.9 Å². The molecule has 1 aliphatic carbocycles. The van der Waals surface area contributed by atoms with Crippen LogP contribution in [0.4, 0.5) is 35.4 Å². The molecule has 33 heavy (non-hydrogen) atoms. The number of hydrogen-bond donors (Lipinski definition) is 2. The van der Waals surface area contributed by atoms with Crippen LogP contribution in [0.25, 0.3) is 0 Å². The number of para-hydroxylation sites is 1. The van der Waals surface area contributed by atoms with E-state index in [1.807, 2.05) is 14.0 Å². The smallest absolute Gasteiger partial charge is 0.367 e. The first kappa shape index (κ1) is 23.3. The van der Waals surface area contributed by atoms with Crippen molar-refractivity contribution in [3.8, 4) is 0 Å². The van der Waals surface area contributed by atoms with Crippen LogP contribution in [0.5, 0.6) is 0 Å². The fraction of sp³-hybridized carbons (Fsp3) is 0.522. The molecule has 1 aliphatic heterocycles. The summed E-state index contributed by atoms with van der Waals surface area (Å²) in [5.74, 6) is -0.401. The number of carbonyl (C=O) groups excluding carboxylic acids is 1. The predicted octanol–water partition coefficient (Wildman–Crippen LogP) is 4.79. The topological polar surface area (TPSA) is 73.4 Å². The molecule has 178 valence electrons. The van der Waals surface area contributed by atoms with Crippen molar-refractivity contribution in [2.24, 2.45) is 0 Å². The molecule has 0 spiro atoms. The highest BCUT2D eigenvalue weighted by molar-refractivity contribution is 5.98. The third-order valence-electron chi connectivity index (χ3n) is 6.44. The Bertz CT molecular complexity index is 972. The van der Waals surface area contributed by atoms with Crippen LogP contribution in [-0.2, 0) is 6.18 Å². The highest BCUT2D eigenvalue weighted by Gasteiger charge is 2.38. The van der Waals surface area contributed by atoms with Gasteiger partial charge in [-0.15, -0.1) is 0 Å². The van der Waals surface area contributed by atoms with E-state index >= 15 is 0 Å². The van der Waals surface area contributed by atoms with Gasteiger partial charge in [-0.1, -0.05) is 18.2 Å². The summed E-state index contributed by atoms with van der Waals surface area (Å²) < 4.78 is 40.8. The Morgan fingerprint density at radius 1 is 1.18 bits per heavy atom. The molecule has 2 amide bonds. The van der Waals surface area contributed by atoms with Gasteiger partial charge in [0.2, 0.25) is 5.95 Å². The number of halogens is 3. The SMILES string of the molecule is CN1CCC(C)(NC(=O)N(c2ccccc2)c2ncc(C(F)(F)F)c(NC3CCC3)n2)CC1. The second-order valence-corrected chi connectivity index (χ2v) is 9.17. The van der Waals surface area contributed by atoms with E-state index in [0.29, 0.717) is 5.69 Å². The van der Waals surface area contributed by atoms with Gasteiger partial charge in [-0.05, 0) is 58.2 Å². The Hall–Kier alpha value is -2.88. The predicted molar refractivity (Wildman–Crippen MR) is 121 cm³/mol. The lowest BCUT2D eigenvalue weighted by Crippen LogP contribution is -2.55. The number of anilines is 3. The summed E-state index contributed by atoms with van der Waals surface area (Å²) in [5, 5.41) is 5.98. The molecule has 2 aromatic rings. The van der Waals surface area contributed by atoms with Crippen LogP contribution in [-0.4, -0.2) is 52.6 Å². The Kier molecular flexibility index (Phi) is 6.47. The molecule has 2 fully saturated rings. The highest BCUT2D eigenvalue weighted by Crippen LogP contribution is 2.37. The summed E-state index contributed by atoms with van der Waals surface area (Å²) in [7, 11) is 2.03. The van der Waals surface area contributed by atoms with Gasteiger partial charge < -0.3 is 15.5 Å². The van der Waals surface area contributed by atoms with Crippen LogP contribution >= 0.6 is 0 Å². The number of hydrogen-bond acceptors (Lipinski definition) is 5. The molecule has 0 radical (unpaired) electrons. The Labute approximate surface area is 191 Å². The van der Waals surface area contributed by atoms with E-state index in [0.717, 1.165) is 51.4 Å². The molecule has 0 bridgehead atoms. The lowest BCUT2D eigenvalue weighted by Gasteiger charge is -2.39. The molecule has 1 saturated heterocycles. The third-order valence-corrected chi connectivity index (χ3v) is 6.44. The largest absolute Gasteiger partial charge is 0.421 e. The number of aromatic nitrogens is 2. The van der Waals surface area contributed by atoms with Crippen LogP contribution in [0, 0.1) is 0 Å². The van der Waals surface area contributed by atoms with E-state index in [1.54, 1.807) is 30.3 Å². The quantitative estimate of drug-likeness (QED) is 0.668. The molecule has 1 aromatic heterocycles. The van der Waals surface area contributed by atoms with Crippen molar-refractivity contribution in [3.63, 3.8) is 0 Å². The van der Waals surface area contributed by atoms with Crippen LogP contribution in [0.3, 0.4) is 0 Å². The fourth-order valence-electron chi connectivity index (χ4n) is 4.00. The van der Waals surface area contributed by atoms with Gasteiger partial charge in [-0.3, -0.25) is 0 Å². The number of likely N-dealkylation sites (tertiary alicyclic amines) is 1. The number of piperidine rings is 1. The lowest BCUT2D eigenvalue weighted by atomic mass is 9.90. The zero-order chi connectivity index (χ0) is 23.6.